The van der Waals surface area contributed by atoms with Crippen LogP contribution in [0.15, 0.2) is 125 Å². The molecular weight excluding hydrogens is 1240 g/mol. The summed E-state index contributed by atoms with van der Waals surface area (Å²) in [5.41, 5.74) is -2.88. The van der Waals surface area contributed by atoms with Gasteiger partial charge in [0.25, 0.3) is 11.8 Å². The van der Waals surface area contributed by atoms with E-state index in [1.165, 1.54) is 55.6 Å². The molecule has 0 saturated heterocycles. The van der Waals surface area contributed by atoms with E-state index in [9.17, 15) is 56.3 Å². The Morgan fingerprint density at radius 2 is 1.14 bits per heavy atom. The Labute approximate surface area is 557 Å². The number of ether oxygens (including phenoxy) is 2. The van der Waals surface area contributed by atoms with Crippen LogP contribution in [0, 0.1) is 0 Å². The molecule has 4 N–H and O–H groups in total. The summed E-state index contributed by atoms with van der Waals surface area (Å²) in [6.45, 7) is 0. The maximum absolute atomic E-state index is 13.5. The van der Waals surface area contributed by atoms with Crippen LogP contribution >= 0.6 is 70.5 Å². The smallest absolute Gasteiger partial charge is 0.744 e. The molecule has 0 aliphatic carbocycles. The Balaban J connectivity index is 0.00000400. The Bertz CT molecular complexity index is 3750. The second-order valence-corrected chi connectivity index (χ2v) is 20.2. The molecule has 0 radical (unpaired) electrons. The van der Waals surface area contributed by atoms with E-state index in [2.05, 4.69) is 49.8 Å². The average Bonchev–Trinajstić information content (AvgIpc) is 3.36. The van der Waals surface area contributed by atoms with Crippen molar-refractivity contribution in [2.24, 2.45) is 20.5 Å². The van der Waals surface area contributed by atoms with Crippen molar-refractivity contribution in [1.29, 1.82) is 0 Å². The summed E-state index contributed by atoms with van der Waals surface area (Å²) in [6.07, 6.45) is 0. The molecule has 7 aromatic rings. The van der Waals surface area contributed by atoms with Gasteiger partial charge in [0.1, 0.15) is 54.5 Å². The van der Waals surface area contributed by atoms with Crippen LogP contribution in [-0.4, -0.2) is 62.2 Å². The van der Waals surface area contributed by atoms with E-state index < -0.39 is 70.4 Å². The first-order chi connectivity index (χ1) is 35.1. The number of halogens is 4. The molecule has 0 atom stereocenters. The van der Waals surface area contributed by atoms with Gasteiger partial charge in [0.2, 0.25) is 0 Å². The second-order valence-electron chi connectivity index (χ2n) is 14.4. The van der Waals surface area contributed by atoms with Crippen LogP contribution in [0.25, 0.3) is 21.5 Å². The predicted octanol–water partition coefficient (Wildman–Crippen LogP) is -2.34. The summed E-state index contributed by atoms with van der Waals surface area (Å²) in [7, 11) is -8.40. The van der Waals surface area contributed by atoms with Crippen molar-refractivity contribution >= 4 is 158 Å². The number of anilines is 2. The first kappa shape index (κ1) is 70.1. The molecule has 24 nitrogen and oxygen atoms in total. The Kier molecular flexibility index (Phi) is 27.3. The average molecular weight is 1260 g/mol. The summed E-state index contributed by atoms with van der Waals surface area (Å²) in [4.78, 5) is 24.7. The zero-order valence-electron chi connectivity index (χ0n) is 40.4. The molecule has 0 aliphatic rings. The first-order valence-electron chi connectivity index (χ1n) is 19.5. The molecule has 0 spiro atoms. The molecule has 2 amide bonds. The monoisotopic (exact) mass is 1260 g/mol. The van der Waals surface area contributed by atoms with Gasteiger partial charge in [0.05, 0.1) is 90.6 Å². The number of aromatic hydroxyl groups is 2. The quantitative estimate of drug-likeness (QED) is 0.0175. The van der Waals surface area contributed by atoms with Crippen LogP contribution in [0.1, 0.15) is 20.7 Å². The van der Waals surface area contributed by atoms with Crippen molar-refractivity contribution in [2.75, 3.05) is 24.9 Å². The molecule has 36 heteroatoms. The molecule has 0 bridgehead atoms. The van der Waals surface area contributed by atoms with Gasteiger partial charge in [-0.05, 0) is 77.5 Å². The van der Waals surface area contributed by atoms with Crippen LogP contribution < -0.4 is 149 Å². The van der Waals surface area contributed by atoms with E-state index in [0.29, 0.717) is 12.0 Å². The van der Waals surface area contributed by atoms with Crippen molar-refractivity contribution in [3.05, 3.63) is 116 Å². The number of phenols is 2. The third-order valence-electron chi connectivity index (χ3n) is 9.98. The van der Waals surface area contributed by atoms with E-state index in [1.54, 1.807) is 0 Å². The number of amides is 2. The van der Waals surface area contributed by atoms with Crippen molar-refractivity contribution in [3.8, 4) is 23.0 Å². The number of carbonyl (C=O) groups excluding carboxylic acids is 2. The Morgan fingerprint density at radius 1 is 0.603 bits per heavy atom. The number of nitrogens with one attached hydrogen (secondary N) is 2. The summed E-state index contributed by atoms with van der Waals surface area (Å²) in [5.74, 6) is -4.04. The van der Waals surface area contributed by atoms with Crippen LogP contribution in [-0.2, 0) is 39.0 Å². The fourth-order valence-electron chi connectivity index (χ4n) is 6.82. The van der Waals surface area contributed by atoms with Gasteiger partial charge in [-0.2, -0.15) is 8.67 Å². The largest absolute Gasteiger partial charge is 1.00 e. The number of methoxy groups -OCH3 is 2. The molecule has 0 unspecified atom stereocenters. The van der Waals surface area contributed by atoms with Gasteiger partial charge in [-0.15, -0.1) is 20.5 Å². The molecule has 0 fully saturated rings. The zero-order valence-corrected chi connectivity index (χ0v) is 54.7. The molecule has 7 aromatic carbocycles. The van der Waals surface area contributed by atoms with Crippen LogP contribution in [0.2, 0.25) is 20.1 Å². The van der Waals surface area contributed by atoms with Crippen molar-refractivity contribution in [1.82, 2.24) is 0 Å². The summed E-state index contributed by atoms with van der Waals surface area (Å²) < 4.78 is 94.7. The SMILES string of the molecule is COc1cc(N=Nc2c(S(=O)(=O)[O-])cc3cc(SOO[O-])cc(NC(=O)c4cccc(Cl)c4Cl)c3c2O)c(OC)cc1N=Nc1c(SOO[O-])cc2cc(S(=O)(=O)[O-])cc(NC(=O)c3ccc(Cl)cc3Cl)c2c1O.[Na+].[Na+].[Na+].[Na+]. The van der Waals surface area contributed by atoms with Gasteiger partial charge in [-0.25, -0.2) is 16.8 Å². The molecular formula is C42H24Cl4N6Na4O18S4. The minimum Gasteiger partial charge on any atom is -0.744 e. The van der Waals surface area contributed by atoms with Crippen LogP contribution in [0.4, 0.5) is 34.1 Å². The topological polar surface area (TPSA) is 364 Å². The Morgan fingerprint density at radius 3 is 1.69 bits per heavy atom. The van der Waals surface area contributed by atoms with Crippen molar-refractivity contribution < 1.29 is 203 Å². The molecule has 0 aliphatic heterocycles. The zero-order chi connectivity index (χ0) is 53.8. The van der Waals surface area contributed by atoms with E-state index in [1.807, 2.05) is 0 Å². The van der Waals surface area contributed by atoms with Crippen LogP contribution in [0.5, 0.6) is 23.0 Å². The summed E-state index contributed by atoms with van der Waals surface area (Å²) >= 11 is 25.0. The third kappa shape index (κ3) is 16.3. The molecule has 78 heavy (non-hydrogen) atoms. The number of fused-ring (bicyclic) bond motifs is 2. The number of azo groups is 2. The number of hydrogen-bond acceptors (Lipinski definition) is 24. The van der Waals surface area contributed by atoms with E-state index in [0.717, 1.165) is 43.5 Å². The number of benzene rings is 7. The summed E-state index contributed by atoms with van der Waals surface area (Å²) in [6, 6.07) is 16.2. The normalized spacial score (nSPS) is 11.4. The maximum atomic E-state index is 13.5. The minimum atomic E-state index is -5.51. The number of carbonyl (C=O) groups is 2. The van der Waals surface area contributed by atoms with Gasteiger partial charge >= 0.3 is 118 Å². The maximum Gasteiger partial charge on any atom is 1.00 e. The van der Waals surface area contributed by atoms with Crippen molar-refractivity contribution in [2.45, 2.75) is 19.6 Å². The van der Waals surface area contributed by atoms with Gasteiger partial charge in [0, 0.05) is 32.8 Å². The Hall–Kier alpha value is -2.16. The van der Waals surface area contributed by atoms with Crippen LogP contribution in [0.3, 0.4) is 0 Å². The fourth-order valence-corrected chi connectivity index (χ4v) is 9.82. The molecule has 7 rings (SSSR count). The molecule has 0 saturated carbocycles. The minimum absolute atomic E-state index is 0. The second kappa shape index (κ2) is 30.4. The van der Waals surface area contributed by atoms with Gasteiger partial charge < -0.3 is 49.9 Å². The van der Waals surface area contributed by atoms with Crippen molar-refractivity contribution in [3.63, 3.8) is 0 Å². The van der Waals surface area contributed by atoms with E-state index in [-0.39, 0.29) is 221 Å². The van der Waals surface area contributed by atoms with Gasteiger partial charge in [-0.1, -0.05) is 52.5 Å². The van der Waals surface area contributed by atoms with E-state index >= 15 is 0 Å². The predicted molar refractivity (Wildman–Crippen MR) is 260 cm³/mol. The van der Waals surface area contributed by atoms with Gasteiger partial charge in [0.15, 0.2) is 11.5 Å². The van der Waals surface area contributed by atoms with Gasteiger partial charge in [-0.3, -0.25) is 19.7 Å². The first-order valence-corrected chi connectivity index (χ1v) is 25.4. The molecule has 0 aromatic heterocycles. The number of nitrogens with zero attached hydrogens (tertiary/aromatic N) is 4. The summed E-state index contributed by atoms with van der Waals surface area (Å²) in [5, 5.41) is 72.0. The standard InChI is InChI=1S/C42H28Cl4N6O18S4.4Na/c1-65-30-16-27(50-52-38-33(74(62,63)64)11-17-8-20(71-69-67-57)13-28(34(17)40(38)54)47-42(56)23-4-3-5-24(44)36(23)46)31(66-2)15-26(30)49-51-37-32(72-70-68-58)10-18-9-21(73(59,60)61)14-29(35(18)39(37)53)48-41(55)22-7-6-19(43)12-25(22)45;;;;/h3-16,53-54,57-58H,1-2H3,(H,47,56)(H,48,55)(H,59,60,61)(H,62,63,64);;;;/q;4*+1/p-4. The third-order valence-corrected chi connectivity index (χ3v) is 14.2. The number of rotatable bonds is 18. The number of phenolic OH excluding ortho intramolecular Hbond substituents is 2. The number of hydrogen-bond donors (Lipinski definition) is 4. The fraction of sp³-hybridized carbons (Fsp3) is 0.0476. The molecule has 0 heterocycles. The molecule has 386 valence electrons. The van der Waals surface area contributed by atoms with E-state index in [4.69, 9.17) is 55.9 Å².